The predicted octanol–water partition coefficient (Wildman–Crippen LogP) is 4.42. The van der Waals surface area contributed by atoms with Crippen molar-refractivity contribution in [2.75, 3.05) is 4.90 Å². The number of hydrogen-bond acceptors (Lipinski definition) is 3. The van der Waals surface area contributed by atoms with E-state index in [-0.39, 0.29) is 0 Å². The molecule has 0 N–H and O–H groups in total. The van der Waals surface area contributed by atoms with Gasteiger partial charge in [-0.2, -0.15) is 10.5 Å². The molecule has 0 radical (unpaired) electrons. The summed E-state index contributed by atoms with van der Waals surface area (Å²) >= 11 is 0. The summed E-state index contributed by atoms with van der Waals surface area (Å²) < 4.78 is 0. The SMILES string of the molecule is C=CC(=C)N(/C(C)=C/C=C\C)c1ccc(C#N)c(C#N)c1. The highest BCUT2D eigenvalue weighted by atomic mass is 15.1. The summed E-state index contributed by atoms with van der Waals surface area (Å²) in [4.78, 5) is 1.88. The van der Waals surface area contributed by atoms with Gasteiger partial charge in [-0.3, -0.25) is 0 Å². The third kappa shape index (κ3) is 3.72. The molecule has 0 atom stereocenters. The van der Waals surface area contributed by atoms with Gasteiger partial charge in [-0.25, -0.2) is 0 Å². The van der Waals surface area contributed by atoms with Gasteiger partial charge in [-0.05, 0) is 44.2 Å². The highest BCUT2D eigenvalue weighted by Crippen LogP contribution is 2.26. The second-order valence-electron chi connectivity index (χ2n) is 4.32. The Morgan fingerprint density at radius 2 is 1.90 bits per heavy atom. The molecule has 0 unspecified atom stereocenters. The van der Waals surface area contributed by atoms with Crippen molar-refractivity contribution in [3.8, 4) is 12.1 Å². The Bertz CT molecular complexity index is 694. The zero-order chi connectivity index (χ0) is 15.8. The summed E-state index contributed by atoms with van der Waals surface area (Å²) in [5.74, 6) is 0. The first-order valence-corrected chi connectivity index (χ1v) is 6.44. The van der Waals surface area contributed by atoms with Crippen LogP contribution in [0.4, 0.5) is 5.69 Å². The average Bonchev–Trinajstić information content (AvgIpc) is 2.52. The maximum Gasteiger partial charge on any atom is 0.101 e. The second kappa shape index (κ2) is 7.53. The molecule has 104 valence electrons. The van der Waals surface area contributed by atoms with Crippen LogP contribution in [0.1, 0.15) is 25.0 Å². The van der Waals surface area contributed by atoms with Gasteiger partial charge >= 0.3 is 0 Å². The van der Waals surface area contributed by atoms with Crippen molar-refractivity contribution in [2.45, 2.75) is 13.8 Å². The smallest absolute Gasteiger partial charge is 0.101 e. The number of anilines is 1. The maximum atomic E-state index is 9.14. The van der Waals surface area contributed by atoms with Crippen LogP contribution in [0.3, 0.4) is 0 Å². The molecule has 0 saturated heterocycles. The molecule has 3 heteroatoms. The number of allylic oxidation sites excluding steroid dienone is 5. The fourth-order valence-electron chi connectivity index (χ4n) is 1.86. The zero-order valence-corrected chi connectivity index (χ0v) is 12.3. The van der Waals surface area contributed by atoms with E-state index < -0.39 is 0 Å². The normalized spacial score (nSPS) is 10.8. The predicted molar refractivity (Wildman–Crippen MR) is 86.3 cm³/mol. The van der Waals surface area contributed by atoms with Crippen molar-refractivity contribution >= 4 is 5.69 Å². The molecule has 0 aliphatic heterocycles. The number of nitrogens with zero attached hydrogens (tertiary/aromatic N) is 3. The van der Waals surface area contributed by atoms with Gasteiger partial charge < -0.3 is 4.90 Å². The molecule has 1 aromatic carbocycles. The Kier molecular flexibility index (Phi) is 5.74. The number of rotatable bonds is 5. The molecule has 0 bridgehead atoms. The summed E-state index contributed by atoms with van der Waals surface area (Å²) in [6.07, 6.45) is 7.45. The molecule has 0 aromatic heterocycles. The summed E-state index contributed by atoms with van der Waals surface area (Å²) in [5, 5.41) is 18.1. The number of benzene rings is 1. The van der Waals surface area contributed by atoms with Crippen LogP contribution in [0.25, 0.3) is 0 Å². The van der Waals surface area contributed by atoms with Gasteiger partial charge in [0, 0.05) is 17.1 Å². The summed E-state index contributed by atoms with van der Waals surface area (Å²) in [7, 11) is 0. The first kappa shape index (κ1) is 16.0. The van der Waals surface area contributed by atoms with Crippen molar-refractivity contribution in [1.82, 2.24) is 0 Å². The molecule has 0 saturated carbocycles. The van der Waals surface area contributed by atoms with Crippen LogP contribution in [-0.4, -0.2) is 0 Å². The molecule has 21 heavy (non-hydrogen) atoms. The highest BCUT2D eigenvalue weighted by molar-refractivity contribution is 5.64. The molecule has 0 heterocycles. The van der Waals surface area contributed by atoms with E-state index in [4.69, 9.17) is 10.5 Å². The first-order valence-electron chi connectivity index (χ1n) is 6.44. The fraction of sp³-hybridized carbons (Fsp3) is 0.111. The quantitative estimate of drug-likeness (QED) is 0.747. The number of nitriles is 2. The third-order valence-electron chi connectivity index (χ3n) is 2.91. The zero-order valence-electron chi connectivity index (χ0n) is 12.3. The van der Waals surface area contributed by atoms with E-state index in [1.165, 1.54) is 0 Å². The van der Waals surface area contributed by atoms with Gasteiger partial charge in [-0.15, -0.1) is 0 Å². The van der Waals surface area contributed by atoms with Gasteiger partial charge in [0.2, 0.25) is 0 Å². The average molecular weight is 275 g/mol. The van der Waals surface area contributed by atoms with Crippen LogP contribution >= 0.6 is 0 Å². The Labute approximate surface area is 126 Å². The molecule has 0 aliphatic rings. The summed E-state index contributed by atoms with van der Waals surface area (Å²) in [6.45, 7) is 11.6. The lowest BCUT2D eigenvalue weighted by Crippen LogP contribution is -2.18. The van der Waals surface area contributed by atoms with Crippen LogP contribution in [0.5, 0.6) is 0 Å². The molecule has 3 nitrogen and oxygen atoms in total. The third-order valence-corrected chi connectivity index (χ3v) is 2.91. The monoisotopic (exact) mass is 275 g/mol. The number of hydrogen-bond donors (Lipinski definition) is 0. The van der Waals surface area contributed by atoms with Crippen LogP contribution < -0.4 is 4.90 Å². The molecule has 1 rings (SSSR count). The van der Waals surface area contributed by atoms with Crippen LogP contribution in [-0.2, 0) is 0 Å². The molecular weight excluding hydrogens is 258 g/mol. The maximum absolute atomic E-state index is 9.14. The van der Waals surface area contributed by atoms with E-state index in [9.17, 15) is 0 Å². The minimum absolute atomic E-state index is 0.343. The minimum atomic E-state index is 0.343. The van der Waals surface area contributed by atoms with Gasteiger partial charge in [0.25, 0.3) is 0 Å². The first-order chi connectivity index (χ1) is 10.1. The second-order valence-corrected chi connectivity index (χ2v) is 4.32. The molecule has 0 spiro atoms. The van der Waals surface area contributed by atoms with Crippen LogP contribution in [0.2, 0.25) is 0 Å². The van der Waals surface area contributed by atoms with Gasteiger partial charge in [-0.1, -0.05) is 25.3 Å². The van der Waals surface area contributed by atoms with E-state index in [1.54, 1.807) is 24.3 Å². The minimum Gasteiger partial charge on any atom is -0.315 e. The van der Waals surface area contributed by atoms with Crippen molar-refractivity contribution in [1.29, 1.82) is 10.5 Å². The van der Waals surface area contributed by atoms with Crippen molar-refractivity contribution in [3.05, 3.63) is 78.2 Å². The Morgan fingerprint density at radius 1 is 1.24 bits per heavy atom. The lowest BCUT2D eigenvalue weighted by atomic mass is 10.1. The molecule has 0 fully saturated rings. The van der Waals surface area contributed by atoms with Gasteiger partial charge in [0.05, 0.1) is 11.1 Å². The molecule has 1 aromatic rings. The van der Waals surface area contributed by atoms with Gasteiger partial charge in [0.1, 0.15) is 12.1 Å². The van der Waals surface area contributed by atoms with Gasteiger partial charge in [0.15, 0.2) is 0 Å². The standard InChI is InChI=1S/C18H17N3/c1-5-7-8-15(4)21(14(3)6-2)18-10-9-16(12-19)17(11-18)13-20/h5-11H,2-3H2,1,4H3/b7-5-,15-8+. The highest BCUT2D eigenvalue weighted by Gasteiger charge is 2.12. The van der Waals surface area contributed by atoms with Crippen molar-refractivity contribution in [3.63, 3.8) is 0 Å². The van der Waals surface area contributed by atoms with Crippen molar-refractivity contribution < 1.29 is 0 Å². The van der Waals surface area contributed by atoms with E-state index in [0.29, 0.717) is 16.8 Å². The Balaban J connectivity index is 3.42. The van der Waals surface area contributed by atoms with E-state index in [0.717, 1.165) is 11.4 Å². The molecular formula is C18H17N3. The Morgan fingerprint density at radius 3 is 2.43 bits per heavy atom. The lowest BCUT2D eigenvalue weighted by molar-refractivity contribution is 1.10. The van der Waals surface area contributed by atoms with E-state index in [1.807, 2.05) is 49.1 Å². The lowest BCUT2D eigenvalue weighted by Gasteiger charge is -2.26. The molecule has 0 aliphatic carbocycles. The van der Waals surface area contributed by atoms with Crippen LogP contribution in [0, 0.1) is 22.7 Å². The van der Waals surface area contributed by atoms with Crippen molar-refractivity contribution in [2.24, 2.45) is 0 Å². The Hall–Kier alpha value is -3.04. The summed E-state index contributed by atoms with van der Waals surface area (Å²) in [5.41, 5.74) is 3.11. The largest absolute Gasteiger partial charge is 0.315 e. The molecule has 0 amide bonds. The fourth-order valence-corrected chi connectivity index (χ4v) is 1.86. The van der Waals surface area contributed by atoms with Crippen LogP contribution in [0.15, 0.2) is 67.1 Å². The van der Waals surface area contributed by atoms with E-state index in [2.05, 4.69) is 13.2 Å². The summed E-state index contributed by atoms with van der Waals surface area (Å²) in [6, 6.07) is 9.17. The topological polar surface area (TPSA) is 50.8 Å². The van der Waals surface area contributed by atoms with E-state index >= 15 is 0 Å².